The maximum atomic E-state index is 13.2. The second-order valence-electron chi connectivity index (χ2n) is 7.87. The molecule has 1 aliphatic heterocycles. The number of nitrogens with zero attached hydrogens (tertiary/aromatic N) is 1. The van der Waals surface area contributed by atoms with Gasteiger partial charge in [0, 0.05) is 12.2 Å². The topological polar surface area (TPSA) is 92.8 Å². The van der Waals surface area contributed by atoms with E-state index >= 15 is 0 Å². The van der Waals surface area contributed by atoms with Gasteiger partial charge in [0.05, 0.1) is 16.1 Å². The van der Waals surface area contributed by atoms with Crippen LogP contribution in [0.5, 0.6) is 0 Å². The molecule has 1 amide bonds. The minimum atomic E-state index is -3.84. The fourth-order valence-electron chi connectivity index (χ4n) is 3.87. The third-order valence-electron chi connectivity index (χ3n) is 5.58. The summed E-state index contributed by atoms with van der Waals surface area (Å²) in [5.74, 6) is -1.25. The number of sulfonamides is 1. The molecule has 3 aromatic carbocycles. The molecule has 7 nitrogen and oxygen atoms in total. The minimum Gasteiger partial charge on any atom is -0.452 e. The van der Waals surface area contributed by atoms with Gasteiger partial charge >= 0.3 is 5.97 Å². The van der Waals surface area contributed by atoms with Gasteiger partial charge in [-0.2, -0.15) is 0 Å². The lowest BCUT2D eigenvalue weighted by molar-refractivity contribution is -0.119. The highest BCUT2D eigenvalue weighted by Gasteiger charge is 2.31. The van der Waals surface area contributed by atoms with E-state index in [1.54, 1.807) is 12.1 Å². The number of fused-ring (bicyclic) bond motifs is 1. The van der Waals surface area contributed by atoms with E-state index in [2.05, 4.69) is 5.32 Å². The Labute approximate surface area is 193 Å². The molecule has 1 aliphatic rings. The lowest BCUT2D eigenvalue weighted by Crippen LogP contribution is -2.29. The molecule has 170 valence electrons. The second kappa shape index (κ2) is 9.07. The zero-order valence-electron chi connectivity index (χ0n) is 18.4. The molecule has 8 heteroatoms. The Hall–Kier alpha value is -3.65. The van der Waals surface area contributed by atoms with Crippen molar-refractivity contribution in [2.24, 2.45) is 0 Å². The fourth-order valence-corrected chi connectivity index (χ4v) is 5.42. The predicted molar refractivity (Wildman–Crippen MR) is 126 cm³/mol. The summed E-state index contributed by atoms with van der Waals surface area (Å²) in [6, 6.07) is 18.7. The van der Waals surface area contributed by atoms with Crippen LogP contribution in [0.15, 0.2) is 71.6 Å². The standard InChI is InChI=1S/C25H24N2O5S/c1-17-7-5-8-18(2)24(17)26-23(28)16-32-25(29)20-10-6-11-21(15-20)33(30,31)27-14-13-19-9-3-4-12-22(19)27/h3-12,15H,13-14,16H2,1-2H3,(H,26,28). The molecule has 4 rings (SSSR count). The summed E-state index contributed by atoms with van der Waals surface area (Å²) < 4.78 is 32.9. The van der Waals surface area contributed by atoms with Gasteiger partial charge in [-0.1, -0.05) is 42.5 Å². The Morgan fingerprint density at radius 1 is 0.970 bits per heavy atom. The van der Waals surface area contributed by atoms with Gasteiger partial charge in [-0.05, 0) is 61.2 Å². The molecule has 0 aliphatic carbocycles. The van der Waals surface area contributed by atoms with Crippen molar-refractivity contribution in [2.45, 2.75) is 25.2 Å². The molecule has 0 fully saturated rings. The van der Waals surface area contributed by atoms with E-state index in [0.717, 1.165) is 16.7 Å². The number of carbonyl (C=O) groups is 2. The summed E-state index contributed by atoms with van der Waals surface area (Å²) in [4.78, 5) is 24.8. The number of hydrogen-bond donors (Lipinski definition) is 1. The van der Waals surface area contributed by atoms with Crippen LogP contribution in [-0.2, 0) is 26.0 Å². The molecule has 1 N–H and O–H groups in total. The number of amides is 1. The summed E-state index contributed by atoms with van der Waals surface area (Å²) in [5.41, 5.74) is 4.15. The molecule has 0 atom stereocenters. The van der Waals surface area contributed by atoms with Crippen molar-refractivity contribution in [1.29, 1.82) is 0 Å². The normalized spacial score (nSPS) is 12.8. The van der Waals surface area contributed by atoms with Crippen molar-refractivity contribution >= 4 is 33.3 Å². The maximum Gasteiger partial charge on any atom is 0.338 e. The number of carbonyl (C=O) groups excluding carboxylic acids is 2. The fraction of sp³-hybridized carbons (Fsp3) is 0.200. The molecule has 0 unspecified atom stereocenters. The van der Waals surface area contributed by atoms with Crippen LogP contribution in [0.25, 0.3) is 0 Å². The molecular weight excluding hydrogens is 440 g/mol. The summed E-state index contributed by atoms with van der Waals surface area (Å²) in [7, 11) is -3.84. The number of para-hydroxylation sites is 2. The SMILES string of the molecule is Cc1cccc(C)c1NC(=O)COC(=O)c1cccc(S(=O)(=O)N2CCc3ccccc32)c1. The van der Waals surface area contributed by atoms with Crippen LogP contribution in [0.4, 0.5) is 11.4 Å². The van der Waals surface area contributed by atoms with E-state index in [1.165, 1.54) is 28.6 Å². The third kappa shape index (κ3) is 4.61. The zero-order chi connectivity index (χ0) is 23.6. The lowest BCUT2D eigenvalue weighted by Gasteiger charge is -2.19. The van der Waals surface area contributed by atoms with Crippen LogP contribution in [0.1, 0.15) is 27.0 Å². The van der Waals surface area contributed by atoms with Crippen LogP contribution in [0, 0.1) is 13.8 Å². The van der Waals surface area contributed by atoms with Gasteiger partial charge < -0.3 is 10.1 Å². The van der Waals surface area contributed by atoms with Gasteiger partial charge in [-0.3, -0.25) is 9.10 Å². The average molecular weight is 465 g/mol. The largest absolute Gasteiger partial charge is 0.452 e. The van der Waals surface area contributed by atoms with Crippen LogP contribution < -0.4 is 9.62 Å². The predicted octanol–water partition coefficient (Wildman–Crippen LogP) is 3.85. The van der Waals surface area contributed by atoms with Crippen molar-refractivity contribution in [3.05, 3.63) is 89.0 Å². The van der Waals surface area contributed by atoms with E-state index in [0.29, 0.717) is 24.3 Å². The van der Waals surface area contributed by atoms with Gasteiger partial charge in [0.2, 0.25) is 0 Å². The van der Waals surface area contributed by atoms with Gasteiger partial charge in [-0.15, -0.1) is 0 Å². The Balaban J connectivity index is 1.45. The highest BCUT2D eigenvalue weighted by atomic mass is 32.2. The second-order valence-corrected chi connectivity index (χ2v) is 9.74. The lowest BCUT2D eigenvalue weighted by atomic mass is 10.1. The molecule has 0 radical (unpaired) electrons. The number of nitrogens with one attached hydrogen (secondary N) is 1. The quantitative estimate of drug-likeness (QED) is 0.560. The number of aryl methyl sites for hydroxylation is 2. The first-order chi connectivity index (χ1) is 15.8. The summed E-state index contributed by atoms with van der Waals surface area (Å²) in [5, 5.41) is 2.75. The highest BCUT2D eigenvalue weighted by Crippen LogP contribution is 2.32. The monoisotopic (exact) mass is 464 g/mol. The Morgan fingerprint density at radius 3 is 2.42 bits per heavy atom. The average Bonchev–Trinajstić information content (AvgIpc) is 3.25. The maximum absolute atomic E-state index is 13.2. The first-order valence-electron chi connectivity index (χ1n) is 10.5. The molecule has 0 aromatic heterocycles. The number of anilines is 2. The van der Waals surface area contributed by atoms with Crippen molar-refractivity contribution in [3.63, 3.8) is 0 Å². The Morgan fingerprint density at radius 2 is 1.67 bits per heavy atom. The van der Waals surface area contributed by atoms with E-state index in [9.17, 15) is 18.0 Å². The van der Waals surface area contributed by atoms with E-state index in [-0.39, 0.29) is 10.5 Å². The van der Waals surface area contributed by atoms with Crippen molar-refractivity contribution in [2.75, 3.05) is 22.8 Å². The molecule has 0 bridgehead atoms. The molecule has 0 saturated heterocycles. The number of esters is 1. The summed E-state index contributed by atoms with van der Waals surface area (Å²) in [6.45, 7) is 3.61. The smallest absolute Gasteiger partial charge is 0.338 e. The highest BCUT2D eigenvalue weighted by molar-refractivity contribution is 7.92. The molecule has 0 saturated carbocycles. The molecule has 3 aromatic rings. The van der Waals surface area contributed by atoms with Crippen LogP contribution >= 0.6 is 0 Å². The first-order valence-corrected chi connectivity index (χ1v) is 12.0. The molecular formula is C25H24N2O5S. The first kappa shape index (κ1) is 22.5. The third-order valence-corrected chi connectivity index (χ3v) is 7.39. The number of benzene rings is 3. The van der Waals surface area contributed by atoms with E-state index < -0.39 is 28.5 Å². The van der Waals surface area contributed by atoms with Gasteiger partial charge in [0.15, 0.2) is 6.61 Å². The number of rotatable bonds is 6. The van der Waals surface area contributed by atoms with E-state index in [1.807, 2.05) is 44.2 Å². The van der Waals surface area contributed by atoms with Crippen molar-refractivity contribution in [1.82, 2.24) is 0 Å². The summed E-state index contributed by atoms with van der Waals surface area (Å²) >= 11 is 0. The molecule has 33 heavy (non-hydrogen) atoms. The van der Waals surface area contributed by atoms with Gasteiger partial charge in [-0.25, -0.2) is 13.2 Å². The van der Waals surface area contributed by atoms with Crippen LogP contribution in [-0.4, -0.2) is 33.4 Å². The Bertz CT molecular complexity index is 1310. The molecule has 0 spiro atoms. The molecule has 1 heterocycles. The summed E-state index contributed by atoms with van der Waals surface area (Å²) in [6.07, 6.45) is 0.632. The van der Waals surface area contributed by atoms with Gasteiger partial charge in [0.1, 0.15) is 0 Å². The van der Waals surface area contributed by atoms with Crippen molar-refractivity contribution in [3.8, 4) is 0 Å². The Kier molecular flexibility index (Phi) is 6.20. The minimum absolute atomic E-state index is 0.00589. The zero-order valence-corrected chi connectivity index (χ0v) is 19.2. The number of hydrogen-bond acceptors (Lipinski definition) is 5. The van der Waals surface area contributed by atoms with Crippen molar-refractivity contribution < 1.29 is 22.7 Å². The van der Waals surface area contributed by atoms with Gasteiger partial charge in [0.25, 0.3) is 15.9 Å². The van der Waals surface area contributed by atoms with Crippen LogP contribution in [0.2, 0.25) is 0 Å². The van der Waals surface area contributed by atoms with Crippen LogP contribution in [0.3, 0.4) is 0 Å². The number of ether oxygens (including phenoxy) is 1. The van der Waals surface area contributed by atoms with E-state index in [4.69, 9.17) is 4.74 Å².